The van der Waals surface area contributed by atoms with Crippen molar-refractivity contribution in [1.29, 1.82) is 0 Å². The number of halogens is 1. The Morgan fingerprint density at radius 2 is 2.33 bits per heavy atom. The summed E-state index contributed by atoms with van der Waals surface area (Å²) in [5, 5.41) is 17.2. The maximum atomic E-state index is 9.00. The standard InChI is InChI=1S/C16H20BrN3O/c1-11-12(4-2-5-13(11)17)15-10-16-14(18-7-9-21)6-3-8-20(16)19-15/h2,4-5,10,14,18,21H,3,6-9H2,1H3. The molecule has 21 heavy (non-hydrogen) atoms. The summed E-state index contributed by atoms with van der Waals surface area (Å²) in [5.41, 5.74) is 4.64. The predicted octanol–water partition coefficient (Wildman–Crippen LogP) is 3.04. The Bertz CT molecular complexity index is 638. The second-order valence-corrected chi connectivity index (χ2v) is 6.32. The number of hydrogen-bond donors (Lipinski definition) is 2. The minimum atomic E-state index is 0.169. The molecule has 4 nitrogen and oxygen atoms in total. The maximum absolute atomic E-state index is 9.00. The SMILES string of the molecule is Cc1c(Br)cccc1-c1cc2n(n1)CCCC2NCCO. The van der Waals surface area contributed by atoms with E-state index in [9.17, 15) is 0 Å². The van der Waals surface area contributed by atoms with E-state index in [-0.39, 0.29) is 6.61 Å². The topological polar surface area (TPSA) is 50.1 Å². The maximum Gasteiger partial charge on any atom is 0.0929 e. The van der Waals surface area contributed by atoms with Crippen LogP contribution < -0.4 is 5.32 Å². The van der Waals surface area contributed by atoms with E-state index >= 15 is 0 Å². The Morgan fingerprint density at radius 1 is 1.48 bits per heavy atom. The van der Waals surface area contributed by atoms with Gasteiger partial charge in [0.15, 0.2) is 0 Å². The van der Waals surface area contributed by atoms with Crippen molar-refractivity contribution in [2.24, 2.45) is 0 Å². The minimum Gasteiger partial charge on any atom is -0.395 e. The van der Waals surface area contributed by atoms with Crippen LogP contribution in [0.1, 0.15) is 30.1 Å². The average Bonchev–Trinajstić information content (AvgIpc) is 2.92. The van der Waals surface area contributed by atoms with Gasteiger partial charge in [0.2, 0.25) is 0 Å². The molecule has 1 unspecified atom stereocenters. The fourth-order valence-corrected chi connectivity index (χ4v) is 3.31. The van der Waals surface area contributed by atoms with Gasteiger partial charge in [-0.2, -0.15) is 5.10 Å². The summed E-state index contributed by atoms with van der Waals surface area (Å²) in [6.07, 6.45) is 2.22. The molecule has 0 saturated heterocycles. The van der Waals surface area contributed by atoms with E-state index < -0.39 is 0 Å². The van der Waals surface area contributed by atoms with Crippen LogP contribution in [0.25, 0.3) is 11.3 Å². The molecule has 0 radical (unpaired) electrons. The van der Waals surface area contributed by atoms with Crippen LogP contribution in [0, 0.1) is 6.92 Å². The van der Waals surface area contributed by atoms with Gasteiger partial charge in [-0.1, -0.05) is 28.1 Å². The lowest BCUT2D eigenvalue weighted by Gasteiger charge is -2.24. The predicted molar refractivity (Wildman–Crippen MR) is 87.2 cm³/mol. The molecular formula is C16H20BrN3O. The third kappa shape index (κ3) is 2.91. The van der Waals surface area contributed by atoms with Gasteiger partial charge in [-0.15, -0.1) is 0 Å². The average molecular weight is 350 g/mol. The van der Waals surface area contributed by atoms with Crippen molar-refractivity contribution in [3.63, 3.8) is 0 Å². The second kappa shape index (κ2) is 6.30. The molecule has 5 heteroatoms. The number of rotatable bonds is 4. The van der Waals surface area contributed by atoms with Crippen LogP contribution in [0.4, 0.5) is 0 Å². The molecule has 0 aliphatic carbocycles. The van der Waals surface area contributed by atoms with Crippen molar-refractivity contribution in [2.45, 2.75) is 32.4 Å². The molecule has 2 N–H and O–H groups in total. The molecule has 2 heterocycles. The quantitative estimate of drug-likeness (QED) is 0.891. The Morgan fingerprint density at radius 3 is 3.14 bits per heavy atom. The van der Waals surface area contributed by atoms with Gasteiger partial charge in [0.25, 0.3) is 0 Å². The number of benzene rings is 1. The highest BCUT2D eigenvalue weighted by Crippen LogP contribution is 2.32. The van der Waals surface area contributed by atoms with E-state index in [0.717, 1.165) is 29.6 Å². The first-order chi connectivity index (χ1) is 10.2. The van der Waals surface area contributed by atoms with Gasteiger partial charge in [0.1, 0.15) is 0 Å². The highest BCUT2D eigenvalue weighted by atomic mass is 79.9. The number of nitrogens with zero attached hydrogens (tertiary/aromatic N) is 2. The Labute approximate surface area is 133 Å². The van der Waals surface area contributed by atoms with Gasteiger partial charge < -0.3 is 10.4 Å². The van der Waals surface area contributed by atoms with Crippen LogP contribution in [0.5, 0.6) is 0 Å². The first-order valence-corrected chi connectivity index (χ1v) is 8.17. The van der Waals surface area contributed by atoms with Gasteiger partial charge in [-0.3, -0.25) is 4.68 Å². The number of fused-ring (bicyclic) bond motifs is 1. The van der Waals surface area contributed by atoms with Gasteiger partial charge in [-0.05, 0) is 37.5 Å². The molecule has 0 amide bonds. The first-order valence-electron chi connectivity index (χ1n) is 7.38. The van der Waals surface area contributed by atoms with E-state index in [0.29, 0.717) is 12.6 Å². The molecule has 0 fully saturated rings. The van der Waals surface area contributed by atoms with Crippen molar-refractivity contribution in [3.8, 4) is 11.3 Å². The lowest BCUT2D eigenvalue weighted by atomic mass is 10.0. The van der Waals surface area contributed by atoms with Crippen molar-refractivity contribution >= 4 is 15.9 Å². The van der Waals surface area contributed by atoms with Gasteiger partial charge >= 0.3 is 0 Å². The third-order valence-electron chi connectivity index (χ3n) is 4.08. The summed E-state index contributed by atoms with van der Waals surface area (Å²) in [4.78, 5) is 0. The summed E-state index contributed by atoms with van der Waals surface area (Å²) in [6, 6.07) is 8.69. The summed E-state index contributed by atoms with van der Waals surface area (Å²) >= 11 is 3.59. The Kier molecular flexibility index (Phi) is 4.42. The van der Waals surface area contributed by atoms with E-state index in [1.807, 2.05) is 6.07 Å². The normalized spacial score (nSPS) is 17.8. The zero-order chi connectivity index (χ0) is 14.8. The molecular weight excluding hydrogens is 330 g/mol. The zero-order valence-corrected chi connectivity index (χ0v) is 13.7. The van der Waals surface area contributed by atoms with Crippen molar-refractivity contribution in [3.05, 3.63) is 40.0 Å². The lowest BCUT2D eigenvalue weighted by molar-refractivity contribution is 0.273. The monoisotopic (exact) mass is 349 g/mol. The number of aliphatic hydroxyl groups excluding tert-OH is 1. The van der Waals surface area contributed by atoms with Crippen LogP contribution in [0.3, 0.4) is 0 Å². The molecule has 1 atom stereocenters. The van der Waals surface area contributed by atoms with Gasteiger partial charge in [0, 0.05) is 29.2 Å². The molecule has 0 bridgehead atoms. The van der Waals surface area contributed by atoms with Gasteiger partial charge in [-0.25, -0.2) is 0 Å². The molecule has 2 aromatic rings. The zero-order valence-electron chi connectivity index (χ0n) is 12.1. The molecule has 1 aliphatic heterocycles. The van der Waals surface area contributed by atoms with Crippen LogP contribution in [-0.4, -0.2) is 28.0 Å². The molecule has 112 valence electrons. The number of aliphatic hydroxyl groups is 1. The molecule has 1 aromatic heterocycles. The van der Waals surface area contributed by atoms with Crippen LogP contribution in [-0.2, 0) is 6.54 Å². The molecule has 1 aliphatic rings. The summed E-state index contributed by atoms with van der Waals surface area (Å²) in [5.74, 6) is 0. The van der Waals surface area contributed by atoms with Crippen molar-refractivity contribution < 1.29 is 5.11 Å². The van der Waals surface area contributed by atoms with Gasteiger partial charge in [0.05, 0.1) is 18.0 Å². The Balaban J connectivity index is 1.96. The number of aryl methyl sites for hydroxylation is 1. The van der Waals surface area contributed by atoms with Crippen LogP contribution in [0.2, 0.25) is 0 Å². The summed E-state index contributed by atoms with van der Waals surface area (Å²) < 4.78 is 3.22. The highest BCUT2D eigenvalue weighted by molar-refractivity contribution is 9.10. The van der Waals surface area contributed by atoms with Crippen LogP contribution in [0.15, 0.2) is 28.7 Å². The molecule has 3 rings (SSSR count). The largest absolute Gasteiger partial charge is 0.395 e. The molecule has 1 aromatic carbocycles. The number of nitrogens with one attached hydrogen (secondary N) is 1. The fraction of sp³-hybridized carbons (Fsp3) is 0.438. The van der Waals surface area contributed by atoms with Crippen molar-refractivity contribution in [2.75, 3.05) is 13.2 Å². The van der Waals surface area contributed by atoms with Crippen LogP contribution >= 0.6 is 15.9 Å². The summed E-state index contributed by atoms with van der Waals surface area (Å²) in [7, 11) is 0. The number of hydrogen-bond acceptors (Lipinski definition) is 3. The smallest absolute Gasteiger partial charge is 0.0929 e. The van der Waals surface area contributed by atoms with E-state index in [1.54, 1.807) is 0 Å². The lowest BCUT2D eigenvalue weighted by Crippen LogP contribution is -2.29. The fourth-order valence-electron chi connectivity index (χ4n) is 2.95. The molecule has 0 spiro atoms. The van der Waals surface area contributed by atoms with E-state index in [4.69, 9.17) is 10.2 Å². The van der Waals surface area contributed by atoms with Crippen molar-refractivity contribution in [1.82, 2.24) is 15.1 Å². The summed E-state index contributed by atoms with van der Waals surface area (Å²) in [6.45, 7) is 3.88. The highest BCUT2D eigenvalue weighted by Gasteiger charge is 2.22. The first kappa shape index (κ1) is 14.8. The van der Waals surface area contributed by atoms with E-state index in [2.05, 4.69) is 51.1 Å². The van der Waals surface area contributed by atoms with E-state index in [1.165, 1.54) is 16.8 Å². The molecule has 0 saturated carbocycles. The second-order valence-electron chi connectivity index (χ2n) is 5.46. The number of aromatic nitrogens is 2. The minimum absolute atomic E-state index is 0.169. The third-order valence-corrected chi connectivity index (χ3v) is 4.94. The Hall–Kier alpha value is -1.17.